The average Bonchev–Trinajstić information content (AvgIpc) is 3.92. The predicted octanol–water partition coefficient (Wildman–Crippen LogP) is 14.0. The topological polar surface area (TPSA) is 67.0 Å². The Balaban J connectivity index is 1.09. The Hall–Kier alpha value is -8.55. The van der Waals surface area contributed by atoms with Crippen LogP contribution in [0.1, 0.15) is 0 Å². The summed E-state index contributed by atoms with van der Waals surface area (Å²) in [6.07, 6.45) is 3.91. The number of benzene rings is 9. The van der Waals surface area contributed by atoms with Crippen LogP contribution >= 0.6 is 0 Å². The van der Waals surface area contributed by atoms with Crippen molar-refractivity contribution in [2.45, 2.75) is 0 Å². The molecule has 0 fully saturated rings. The van der Waals surface area contributed by atoms with E-state index < -0.39 is 0 Å². The molecule has 0 unspecified atom stereocenters. The van der Waals surface area contributed by atoms with E-state index in [0.29, 0.717) is 0 Å². The summed E-state index contributed by atoms with van der Waals surface area (Å²) in [6.45, 7) is 0. The van der Waals surface area contributed by atoms with E-state index in [-0.39, 0.29) is 0 Å². The normalized spacial score (nSPS) is 11.9. The van der Waals surface area contributed by atoms with E-state index in [1.54, 1.807) is 14.2 Å². The molecule has 7 nitrogen and oxygen atoms in total. The van der Waals surface area contributed by atoms with Gasteiger partial charge in [0.1, 0.15) is 22.8 Å². The first-order valence-corrected chi connectivity index (χ1v) is 21.4. The number of pyridine rings is 2. The molecule has 0 spiro atoms. The number of ether oxygens (including phenoxy) is 2. The van der Waals surface area contributed by atoms with E-state index in [2.05, 4.69) is 167 Å². The molecule has 0 aliphatic carbocycles. The molecule has 64 heavy (non-hydrogen) atoms. The van der Waals surface area contributed by atoms with Gasteiger partial charge in [0.15, 0.2) is 5.82 Å². The number of hydrogen-bond donors (Lipinski definition) is 0. The Morgan fingerprint density at radius 2 is 1.00 bits per heavy atom. The predicted molar refractivity (Wildman–Crippen MR) is 263 cm³/mol. The highest BCUT2D eigenvalue weighted by molar-refractivity contribution is 6.25. The Morgan fingerprint density at radius 1 is 0.438 bits per heavy atom. The summed E-state index contributed by atoms with van der Waals surface area (Å²) >= 11 is 0. The van der Waals surface area contributed by atoms with Gasteiger partial charge in [0.25, 0.3) is 0 Å². The van der Waals surface area contributed by atoms with Crippen LogP contribution in [0, 0.1) is 0 Å². The maximum absolute atomic E-state index is 5.66. The van der Waals surface area contributed by atoms with Crippen LogP contribution in [0.3, 0.4) is 0 Å². The van der Waals surface area contributed by atoms with E-state index in [1.807, 2.05) is 30.6 Å². The second kappa shape index (κ2) is 14.0. The summed E-state index contributed by atoms with van der Waals surface area (Å²) in [7, 11) is 3.41. The lowest BCUT2D eigenvalue weighted by Crippen LogP contribution is -2.04. The third kappa shape index (κ3) is 5.24. The highest BCUT2D eigenvalue weighted by atomic mass is 16.5. The zero-order valence-electron chi connectivity index (χ0n) is 35.0. The van der Waals surface area contributed by atoms with E-state index in [9.17, 15) is 0 Å². The fourth-order valence-corrected chi connectivity index (χ4v) is 10.1. The standard InChI is InChI=1S/C57H37N5O2/c1-63-38-25-27-50-47(31-38)48-32-39(64-2)26-28-51(48)61(50)37-23-21-34(22-24-37)56-60-53-44-18-9-7-16-42(44)43-17-8-10-19-46(43)55(53)62(56)57-54-45(20-11-29-58-54)49(33-59-57)52-40-14-5-3-12-35(40)30-36-13-4-6-15-41(36)52/h3-33H,1-2H3. The van der Waals surface area contributed by atoms with Gasteiger partial charge in [0.05, 0.1) is 36.3 Å². The molecule has 9 aromatic carbocycles. The smallest absolute Gasteiger partial charge is 0.165 e. The number of aromatic nitrogens is 5. The van der Waals surface area contributed by atoms with Crippen LogP contribution in [0.25, 0.3) is 121 Å². The van der Waals surface area contributed by atoms with Gasteiger partial charge in [-0.25, -0.2) is 9.97 Å². The molecule has 4 heterocycles. The summed E-state index contributed by atoms with van der Waals surface area (Å²) in [4.78, 5) is 16.2. The quantitative estimate of drug-likeness (QED) is 0.123. The molecule has 0 aliphatic rings. The first-order chi connectivity index (χ1) is 31.7. The van der Waals surface area contributed by atoms with Crippen molar-refractivity contribution in [2.75, 3.05) is 14.2 Å². The molecule has 0 bridgehead atoms. The SMILES string of the molecule is COc1ccc2c(c1)c1cc(OC)ccc1n2-c1ccc(-c2nc3c4ccccc4c4ccccc4c3n2-c2ncc(-c3c4ccccc4cc4ccccc34)c3cccnc23)cc1. The monoisotopic (exact) mass is 823 g/mol. The number of methoxy groups -OCH3 is 2. The third-order valence-electron chi connectivity index (χ3n) is 13.0. The minimum Gasteiger partial charge on any atom is -0.497 e. The first-order valence-electron chi connectivity index (χ1n) is 21.4. The molecule has 4 aromatic heterocycles. The number of imidazole rings is 1. The summed E-state index contributed by atoms with van der Waals surface area (Å²) < 4.78 is 15.9. The number of fused-ring (bicyclic) bond motifs is 12. The van der Waals surface area contributed by atoms with Crippen molar-refractivity contribution < 1.29 is 9.47 Å². The fraction of sp³-hybridized carbons (Fsp3) is 0.0351. The third-order valence-corrected chi connectivity index (χ3v) is 13.0. The molecule has 13 rings (SSSR count). The van der Waals surface area contributed by atoms with Crippen LogP contribution in [0.5, 0.6) is 11.5 Å². The van der Waals surface area contributed by atoms with Gasteiger partial charge in [0, 0.05) is 56.1 Å². The summed E-state index contributed by atoms with van der Waals surface area (Å²) in [5.74, 6) is 3.11. The van der Waals surface area contributed by atoms with Gasteiger partial charge in [0.2, 0.25) is 0 Å². The van der Waals surface area contributed by atoms with Crippen molar-refractivity contribution in [1.29, 1.82) is 0 Å². The van der Waals surface area contributed by atoms with Crippen molar-refractivity contribution in [3.05, 3.63) is 188 Å². The van der Waals surface area contributed by atoms with Crippen LogP contribution in [-0.2, 0) is 0 Å². The van der Waals surface area contributed by atoms with Gasteiger partial charge < -0.3 is 14.0 Å². The number of rotatable bonds is 6. The van der Waals surface area contributed by atoms with Crippen LogP contribution in [0.4, 0.5) is 0 Å². The molecule has 0 N–H and O–H groups in total. The molecule has 0 saturated heterocycles. The Bertz CT molecular complexity index is 3940. The zero-order valence-corrected chi connectivity index (χ0v) is 35.0. The minimum atomic E-state index is 0.719. The van der Waals surface area contributed by atoms with Crippen molar-refractivity contribution in [3.8, 4) is 45.5 Å². The molecule has 302 valence electrons. The van der Waals surface area contributed by atoms with Gasteiger partial charge >= 0.3 is 0 Å². The highest BCUT2D eigenvalue weighted by Gasteiger charge is 2.25. The largest absolute Gasteiger partial charge is 0.497 e. The maximum Gasteiger partial charge on any atom is 0.165 e. The van der Waals surface area contributed by atoms with Crippen molar-refractivity contribution in [1.82, 2.24) is 24.1 Å². The molecule has 0 radical (unpaired) electrons. The second-order valence-electron chi connectivity index (χ2n) is 16.3. The summed E-state index contributed by atoms with van der Waals surface area (Å²) in [6, 6.07) is 62.1. The molecular formula is C57H37N5O2. The van der Waals surface area contributed by atoms with Crippen LogP contribution < -0.4 is 9.47 Å². The Morgan fingerprint density at radius 3 is 1.64 bits per heavy atom. The van der Waals surface area contributed by atoms with Gasteiger partial charge in [-0.15, -0.1) is 0 Å². The lowest BCUT2D eigenvalue weighted by Gasteiger charge is -2.17. The second-order valence-corrected chi connectivity index (χ2v) is 16.3. The molecule has 0 atom stereocenters. The molecule has 0 amide bonds. The molecule has 0 saturated carbocycles. The van der Waals surface area contributed by atoms with Crippen molar-refractivity contribution in [3.63, 3.8) is 0 Å². The summed E-state index contributed by atoms with van der Waals surface area (Å²) in [5, 5.41) is 12.4. The Kier molecular flexibility index (Phi) is 7.90. The van der Waals surface area contributed by atoms with Gasteiger partial charge in [-0.05, 0) is 111 Å². The van der Waals surface area contributed by atoms with Gasteiger partial charge in [-0.2, -0.15) is 0 Å². The number of nitrogens with zero attached hydrogens (tertiary/aromatic N) is 5. The molecular weight excluding hydrogens is 787 g/mol. The lowest BCUT2D eigenvalue weighted by molar-refractivity contribution is 0.415. The zero-order chi connectivity index (χ0) is 42.5. The fourth-order valence-electron chi connectivity index (χ4n) is 10.1. The number of hydrogen-bond acceptors (Lipinski definition) is 5. The van der Waals surface area contributed by atoms with E-state index in [0.717, 1.165) is 111 Å². The van der Waals surface area contributed by atoms with Gasteiger partial charge in [-0.1, -0.05) is 103 Å². The Labute approximate surface area is 367 Å². The maximum atomic E-state index is 5.66. The first kappa shape index (κ1) is 36.1. The van der Waals surface area contributed by atoms with E-state index in [1.165, 1.54) is 21.5 Å². The van der Waals surface area contributed by atoms with Crippen molar-refractivity contribution in [2.24, 2.45) is 0 Å². The van der Waals surface area contributed by atoms with E-state index in [4.69, 9.17) is 24.4 Å². The van der Waals surface area contributed by atoms with Gasteiger partial charge in [-0.3, -0.25) is 9.55 Å². The van der Waals surface area contributed by atoms with Crippen LogP contribution in [-0.4, -0.2) is 38.3 Å². The van der Waals surface area contributed by atoms with Crippen LogP contribution in [0.15, 0.2) is 188 Å². The molecule has 7 heteroatoms. The minimum absolute atomic E-state index is 0.719. The summed E-state index contributed by atoms with van der Waals surface area (Å²) in [5.41, 5.74) is 8.99. The van der Waals surface area contributed by atoms with E-state index >= 15 is 0 Å². The molecule has 13 aromatic rings. The van der Waals surface area contributed by atoms with Crippen molar-refractivity contribution >= 4 is 86.8 Å². The van der Waals surface area contributed by atoms with Crippen LogP contribution in [0.2, 0.25) is 0 Å². The molecule has 0 aliphatic heterocycles. The average molecular weight is 824 g/mol. The highest BCUT2D eigenvalue weighted by Crippen LogP contribution is 2.44. The lowest BCUT2D eigenvalue weighted by atomic mass is 9.91.